The van der Waals surface area contributed by atoms with Gasteiger partial charge in [0.1, 0.15) is 0 Å². The molecule has 0 aromatic carbocycles. The summed E-state index contributed by atoms with van der Waals surface area (Å²) in [6.07, 6.45) is 0. The van der Waals surface area contributed by atoms with E-state index in [-0.39, 0.29) is 29.6 Å². The molecule has 1 atom stereocenters. The first-order valence-corrected chi connectivity index (χ1v) is 3.06. The number of carbonyl (C=O) groups is 2. The molecule has 1 rings (SSSR count). The Morgan fingerprint density at radius 2 is 2.10 bits per heavy atom. The third-order valence-electron chi connectivity index (χ3n) is 0.701. The largest absolute Gasteiger partial charge is 1.00 e. The van der Waals surface area contributed by atoms with Gasteiger partial charge in [0.2, 0.25) is 6.03 Å². The average molecular weight is 216 g/mol. The van der Waals surface area contributed by atoms with Crippen LogP contribution in [0.1, 0.15) is 0 Å². The number of imide groups is 1. The maximum Gasteiger partial charge on any atom is 1.00 e. The van der Waals surface area contributed by atoms with Crippen molar-refractivity contribution in [1.82, 2.24) is 10.6 Å². The van der Waals surface area contributed by atoms with Crippen LogP contribution in [0.4, 0.5) is 9.59 Å². The number of nitrogens with zero attached hydrogens (tertiary/aromatic N) is 1. The van der Waals surface area contributed by atoms with Crippen LogP contribution in [0.15, 0.2) is 0 Å². The summed E-state index contributed by atoms with van der Waals surface area (Å²) < 4.78 is 0. The van der Waals surface area contributed by atoms with Gasteiger partial charge < -0.3 is 16.0 Å². The maximum atomic E-state index is 10.4. The van der Waals surface area contributed by atoms with E-state index in [4.69, 9.17) is 0 Å². The van der Waals surface area contributed by atoms with Gasteiger partial charge >= 0.3 is 29.6 Å². The number of urea groups is 2. The van der Waals surface area contributed by atoms with Gasteiger partial charge in [0.05, 0.1) is 5.08 Å². The van der Waals surface area contributed by atoms with Gasteiger partial charge in [0, 0.05) is 0 Å². The minimum absolute atomic E-state index is 0. The fraction of sp³-hybridized carbons (Fsp3) is 0.333. The van der Waals surface area contributed by atoms with Crippen molar-refractivity contribution < 1.29 is 39.1 Å². The molecule has 1 heterocycles. The summed E-state index contributed by atoms with van der Waals surface area (Å²) in [6.45, 7) is 0. The number of halogens is 1. The predicted octanol–water partition coefficient (Wildman–Crippen LogP) is -2.52. The Bertz CT molecular complexity index is 148. The van der Waals surface area contributed by atoms with Crippen molar-refractivity contribution in [3.05, 3.63) is 5.32 Å². The number of carbonyl (C=O) groups excluding carboxylic acids is 2. The minimum Gasteiger partial charge on any atom is -0.399 e. The van der Waals surface area contributed by atoms with E-state index in [2.05, 4.69) is 26.6 Å². The molecule has 1 aliphatic rings. The summed E-state index contributed by atoms with van der Waals surface area (Å²) in [5.74, 6) is 0. The second-order valence-electron chi connectivity index (χ2n) is 1.37. The molecule has 1 saturated heterocycles. The minimum atomic E-state index is -0.624. The van der Waals surface area contributed by atoms with Crippen molar-refractivity contribution in [2.75, 3.05) is 0 Å². The number of rotatable bonds is 0. The van der Waals surface area contributed by atoms with E-state index >= 15 is 0 Å². The molecule has 4 amide bonds. The van der Waals surface area contributed by atoms with Gasteiger partial charge in [-0.05, 0) is 0 Å². The Balaban J connectivity index is 0.000000810. The van der Waals surface area contributed by atoms with Gasteiger partial charge in [-0.25, -0.2) is 0 Å². The molecule has 0 aliphatic carbocycles. The fourth-order valence-electron chi connectivity index (χ4n) is 0.409. The van der Waals surface area contributed by atoms with E-state index in [9.17, 15) is 9.59 Å². The standard InChI is InChI=1S/C3H4BrN3O2.Na/c4-1-5-2(8)7-3(9)6-1;/h1H,(H3,5,6,7,8,9);/q;+1/p-1. The third kappa shape index (κ3) is 2.87. The number of amides is 4. The number of alkyl halides is 1. The molecule has 0 aromatic heterocycles. The van der Waals surface area contributed by atoms with Crippen molar-refractivity contribution >= 4 is 28.0 Å². The zero-order valence-corrected chi connectivity index (χ0v) is 8.81. The zero-order valence-electron chi connectivity index (χ0n) is 5.22. The first-order chi connectivity index (χ1) is 4.18. The van der Waals surface area contributed by atoms with Crippen molar-refractivity contribution in [3.8, 4) is 0 Å². The first kappa shape index (κ1) is 10.2. The summed E-state index contributed by atoms with van der Waals surface area (Å²) in [6, 6.07) is -1.16. The SMILES string of the molecule is O=C1[N-]C(Br)NC(=O)N1.[Na+]. The molecular formula is C3H3BrN3NaO2. The van der Waals surface area contributed by atoms with Gasteiger partial charge in [-0.1, -0.05) is 15.9 Å². The fourth-order valence-corrected chi connectivity index (χ4v) is 0.803. The molecule has 1 aliphatic heterocycles. The van der Waals surface area contributed by atoms with Crippen LogP contribution in [0.2, 0.25) is 0 Å². The van der Waals surface area contributed by atoms with Gasteiger partial charge in [-0.2, -0.15) is 0 Å². The molecule has 5 nitrogen and oxygen atoms in total. The molecule has 10 heavy (non-hydrogen) atoms. The topological polar surface area (TPSA) is 72.3 Å². The van der Waals surface area contributed by atoms with Crippen LogP contribution in [-0.2, 0) is 0 Å². The second-order valence-corrected chi connectivity index (χ2v) is 2.24. The van der Waals surface area contributed by atoms with E-state index < -0.39 is 17.1 Å². The Hall–Kier alpha value is 0.220. The van der Waals surface area contributed by atoms with E-state index in [0.29, 0.717) is 0 Å². The zero-order chi connectivity index (χ0) is 6.85. The first-order valence-electron chi connectivity index (χ1n) is 2.15. The Morgan fingerprint density at radius 3 is 2.50 bits per heavy atom. The van der Waals surface area contributed by atoms with Gasteiger partial charge in [0.25, 0.3) is 0 Å². The Labute approximate surface area is 87.7 Å². The predicted molar refractivity (Wildman–Crippen MR) is 33.1 cm³/mol. The van der Waals surface area contributed by atoms with Crippen LogP contribution in [-0.4, -0.2) is 17.1 Å². The normalized spacial score (nSPS) is 23.5. The quantitative estimate of drug-likeness (QED) is 0.266. The summed E-state index contributed by atoms with van der Waals surface area (Å²) in [5, 5.41) is 7.00. The monoisotopic (exact) mass is 215 g/mol. The smallest absolute Gasteiger partial charge is 0.399 e. The van der Waals surface area contributed by atoms with Crippen molar-refractivity contribution in [2.24, 2.45) is 0 Å². The molecule has 0 aromatic rings. The van der Waals surface area contributed by atoms with Gasteiger partial charge in [0.15, 0.2) is 6.03 Å². The third-order valence-corrected chi connectivity index (χ3v) is 1.13. The number of nitrogens with one attached hydrogen (secondary N) is 2. The van der Waals surface area contributed by atoms with Crippen LogP contribution in [0.25, 0.3) is 5.32 Å². The molecule has 0 bridgehead atoms. The molecule has 1 fully saturated rings. The molecule has 0 spiro atoms. The van der Waals surface area contributed by atoms with Crippen LogP contribution < -0.4 is 40.2 Å². The summed E-state index contributed by atoms with van der Waals surface area (Å²) in [5.41, 5.74) is 0. The average Bonchev–Trinajstić information content (AvgIpc) is 1.59. The molecule has 0 saturated carbocycles. The number of hydrogen-bond donors (Lipinski definition) is 2. The molecule has 1 unspecified atom stereocenters. The van der Waals surface area contributed by atoms with E-state index in [0.717, 1.165) is 0 Å². The van der Waals surface area contributed by atoms with Crippen molar-refractivity contribution in [1.29, 1.82) is 0 Å². The Morgan fingerprint density at radius 1 is 1.50 bits per heavy atom. The van der Waals surface area contributed by atoms with Gasteiger partial charge in [-0.3, -0.25) is 9.59 Å². The molecular weight excluding hydrogens is 213 g/mol. The Kier molecular flexibility index (Phi) is 4.26. The molecule has 50 valence electrons. The van der Waals surface area contributed by atoms with Crippen molar-refractivity contribution in [2.45, 2.75) is 5.08 Å². The van der Waals surface area contributed by atoms with Crippen molar-refractivity contribution in [3.63, 3.8) is 0 Å². The van der Waals surface area contributed by atoms with Crippen LogP contribution in [0, 0.1) is 0 Å². The van der Waals surface area contributed by atoms with Crippen LogP contribution in [0.3, 0.4) is 0 Å². The number of hydrogen-bond acceptors (Lipinski definition) is 2. The van der Waals surface area contributed by atoms with E-state index in [1.165, 1.54) is 0 Å². The van der Waals surface area contributed by atoms with E-state index in [1.54, 1.807) is 0 Å². The molecule has 2 N–H and O–H groups in total. The summed E-state index contributed by atoms with van der Waals surface area (Å²) in [7, 11) is 0. The molecule has 7 heteroatoms. The van der Waals surface area contributed by atoms with Crippen LogP contribution >= 0.6 is 15.9 Å². The second kappa shape index (κ2) is 4.17. The summed E-state index contributed by atoms with van der Waals surface area (Å²) >= 11 is 2.91. The molecule has 0 radical (unpaired) electrons. The summed E-state index contributed by atoms with van der Waals surface area (Å²) in [4.78, 5) is 20.7. The maximum absolute atomic E-state index is 10.4. The van der Waals surface area contributed by atoms with Crippen LogP contribution in [0.5, 0.6) is 0 Å². The van der Waals surface area contributed by atoms with Gasteiger partial charge in [-0.15, -0.1) is 0 Å². The van der Waals surface area contributed by atoms with E-state index in [1.807, 2.05) is 5.32 Å².